The van der Waals surface area contributed by atoms with Crippen LogP contribution in [0.2, 0.25) is 0 Å². The van der Waals surface area contributed by atoms with E-state index in [1.807, 2.05) is 12.3 Å². The summed E-state index contributed by atoms with van der Waals surface area (Å²) in [4.78, 5) is 6.73. The van der Waals surface area contributed by atoms with E-state index in [9.17, 15) is 0 Å². The predicted octanol–water partition coefficient (Wildman–Crippen LogP) is 2.06. The summed E-state index contributed by atoms with van der Waals surface area (Å²) in [6, 6.07) is 4.75. The molecule has 0 bridgehead atoms. The number of hydrogen-bond acceptors (Lipinski definition) is 3. The van der Waals surface area contributed by atoms with Gasteiger partial charge in [0.2, 0.25) is 0 Å². The van der Waals surface area contributed by atoms with Crippen LogP contribution in [0, 0.1) is 0 Å². The van der Waals surface area contributed by atoms with Crippen LogP contribution in [0.1, 0.15) is 12.5 Å². The fourth-order valence-corrected chi connectivity index (χ4v) is 2.09. The fourth-order valence-electron chi connectivity index (χ4n) is 1.85. The lowest BCUT2D eigenvalue weighted by molar-refractivity contribution is 0.165. The van der Waals surface area contributed by atoms with Crippen LogP contribution in [0.4, 0.5) is 0 Å². The maximum absolute atomic E-state index is 4.24. The second kappa shape index (κ2) is 6.55. The minimum absolute atomic E-state index is 0. The fraction of sp³-hybridized carbons (Fsp3) is 0.545. The molecule has 0 saturated carbocycles. The van der Waals surface area contributed by atoms with Crippen molar-refractivity contribution >= 4 is 28.3 Å². The summed E-state index contributed by atoms with van der Waals surface area (Å²) in [5, 5.41) is 3.39. The molecule has 1 aromatic heterocycles. The Hall–Kier alpha value is -0.160. The molecule has 2 heterocycles. The average molecular weight is 307 g/mol. The quantitative estimate of drug-likeness (QED) is 0.848. The van der Waals surface area contributed by atoms with Gasteiger partial charge in [0.05, 0.1) is 0 Å². The highest BCUT2D eigenvalue weighted by molar-refractivity contribution is 9.10. The molecule has 1 N–H and O–H groups in total. The normalized spacial score (nSPS) is 21.5. The zero-order valence-corrected chi connectivity index (χ0v) is 11.7. The number of nitrogens with one attached hydrogen (secondary N) is 1. The molecule has 1 aliphatic rings. The van der Waals surface area contributed by atoms with Crippen molar-refractivity contribution < 1.29 is 0 Å². The first-order valence-electron chi connectivity index (χ1n) is 5.31. The molecule has 1 fully saturated rings. The molecule has 1 saturated heterocycles. The lowest BCUT2D eigenvalue weighted by Crippen LogP contribution is -2.49. The Morgan fingerprint density at radius 1 is 1.56 bits per heavy atom. The third-order valence-corrected chi connectivity index (χ3v) is 3.28. The first kappa shape index (κ1) is 13.9. The topological polar surface area (TPSA) is 28.2 Å². The number of rotatable bonds is 2. The number of nitrogens with zero attached hydrogens (tertiary/aromatic N) is 2. The molecule has 3 nitrogen and oxygen atoms in total. The van der Waals surface area contributed by atoms with E-state index in [1.54, 1.807) is 0 Å². The van der Waals surface area contributed by atoms with Gasteiger partial charge in [0.15, 0.2) is 0 Å². The summed E-state index contributed by atoms with van der Waals surface area (Å²) < 4.78 is 0.902. The van der Waals surface area contributed by atoms with E-state index in [2.05, 4.69) is 44.1 Å². The maximum Gasteiger partial charge on any atom is 0.106 e. The Bertz CT molecular complexity index is 318. The van der Waals surface area contributed by atoms with Crippen LogP contribution >= 0.6 is 28.3 Å². The molecular formula is C11H17BrClN3. The van der Waals surface area contributed by atoms with Crippen molar-refractivity contribution in [2.75, 3.05) is 19.6 Å². The number of piperazine rings is 1. The molecule has 0 spiro atoms. The number of hydrogen-bond donors (Lipinski definition) is 1. The van der Waals surface area contributed by atoms with Crippen LogP contribution in [0.5, 0.6) is 0 Å². The van der Waals surface area contributed by atoms with Gasteiger partial charge in [-0.15, -0.1) is 12.4 Å². The molecule has 16 heavy (non-hydrogen) atoms. The molecule has 90 valence electrons. The number of pyridine rings is 1. The van der Waals surface area contributed by atoms with Gasteiger partial charge in [0, 0.05) is 38.4 Å². The standard InChI is InChI=1S/C11H16BrN3.ClH/c1-9-6-13-4-5-15(9)8-10-2-3-11(12)14-7-10;/h2-3,7,9,13H,4-6,8H2,1H3;1H. The Morgan fingerprint density at radius 2 is 2.38 bits per heavy atom. The Balaban J connectivity index is 0.00000128. The van der Waals surface area contributed by atoms with E-state index in [1.165, 1.54) is 5.56 Å². The molecule has 1 atom stereocenters. The van der Waals surface area contributed by atoms with Gasteiger partial charge in [0.25, 0.3) is 0 Å². The van der Waals surface area contributed by atoms with Crippen molar-refractivity contribution in [3.8, 4) is 0 Å². The van der Waals surface area contributed by atoms with E-state index in [0.29, 0.717) is 6.04 Å². The van der Waals surface area contributed by atoms with Crippen LogP contribution < -0.4 is 5.32 Å². The van der Waals surface area contributed by atoms with Crippen molar-refractivity contribution in [2.45, 2.75) is 19.5 Å². The molecule has 0 amide bonds. The van der Waals surface area contributed by atoms with Gasteiger partial charge in [-0.3, -0.25) is 4.90 Å². The van der Waals surface area contributed by atoms with Gasteiger partial charge < -0.3 is 5.32 Å². The van der Waals surface area contributed by atoms with Gasteiger partial charge in [-0.25, -0.2) is 4.98 Å². The van der Waals surface area contributed by atoms with Gasteiger partial charge in [-0.1, -0.05) is 6.07 Å². The van der Waals surface area contributed by atoms with Crippen LogP contribution in [0.3, 0.4) is 0 Å². The zero-order chi connectivity index (χ0) is 10.7. The SMILES string of the molecule is CC1CNCCN1Cc1ccc(Br)nc1.Cl. The minimum atomic E-state index is 0. The van der Waals surface area contributed by atoms with Crippen LogP contribution in [-0.4, -0.2) is 35.6 Å². The average Bonchev–Trinajstić information content (AvgIpc) is 2.25. The van der Waals surface area contributed by atoms with Gasteiger partial charge in [-0.05, 0) is 34.5 Å². The van der Waals surface area contributed by atoms with E-state index in [-0.39, 0.29) is 12.4 Å². The van der Waals surface area contributed by atoms with Crippen LogP contribution in [0.15, 0.2) is 22.9 Å². The van der Waals surface area contributed by atoms with Crippen LogP contribution in [0.25, 0.3) is 0 Å². The third-order valence-electron chi connectivity index (χ3n) is 2.81. The lowest BCUT2D eigenvalue weighted by Gasteiger charge is -2.33. The molecule has 0 radical (unpaired) electrons. The summed E-state index contributed by atoms with van der Waals surface area (Å²) in [6.07, 6.45) is 1.94. The third kappa shape index (κ3) is 3.70. The van der Waals surface area contributed by atoms with Crippen molar-refractivity contribution in [1.82, 2.24) is 15.2 Å². The monoisotopic (exact) mass is 305 g/mol. The molecule has 1 aliphatic heterocycles. The Labute approximate surface area is 111 Å². The summed E-state index contributed by atoms with van der Waals surface area (Å²) in [6.45, 7) is 6.57. The largest absolute Gasteiger partial charge is 0.314 e. The Morgan fingerprint density at radius 3 is 3.00 bits per heavy atom. The van der Waals surface area contributed by atoms with E-state index < -0.39 is 0 Å². The summed E-state index contributed by atoms with van der Waals surface area (Å²) in [5.41, 5.74) is 1.28. The van der Waals surface area contributed by atoms with Gasteiger partial charge in [0.1, 0.15) is 4.60 Å². The highest BCUT2D eigenvalue weighted by Gasteiger charge is 2.17. The predicted molar refractivity (Wildman–Crippen MR) is 71.9 cm³/mol. The van der Waals surface area contributed by atoms with Crippen LogP contribution in [-0.2, 0) is 6.54 Å². The first-order valence-corrected chi connectivity index (χ1v) is 6.10. The van der Waals surface area contributed by atoms with Gasteiger partial charge >= 0.3 is 0 Å². The van der Waals surface area contributed by atoms with Gasteiger partial charge in [-0.2, -0.15) is 0 Å². The zero-order valence-electron chi connectivity index (χ0n) is 9.32. The summed E-state index contributed by atoms with van der Waals surface area (Å²) in [7, 11) is 0. The van der Waals surface area contributed by atoms with Crippen molar-refractivity contribution in [1.29, 1.82) is 0 Å². The van der Waals surface area contributed by atoms with E-state index in [0.717, 1.165) is 30.8 Å². The molecule has 2 rings (SSSR count). The van der Waals surface area contributed by atoms with E-state index in [4.69, 9.17) is 0 Å². The lowest BCUT2D eigenvalue weighted by atomic mass is 10.2. The molecule has 0 aliphatic carbocycles. The van der Waals surface area contributed by atoms with Crippen molar-refractivity contribution in [3.05, 3.63) is 28.5 Å². The Kier molecular flexibility index (Phi) is 5.69. The molecule has 5 heteroatoms. The molecule has 1 unspecified atom stereocenters. The summed E-state index contributed by atoms with van der Waals surface area (Å²) >= 11 is 3.35. The minimum Gasteiger partial charge on any atom is -0.314 e. The van der Waals surface area contributed by atoms with E-state index >= 15 is 0 Å². The van der Waals surface area contributed by atoms with Crippen molar-refractivity contribution in [2.24, 2.45) is 0 Å². The maximum atomic E-state index is 4.24. The molecular weight excluding hydrogens is 289 g/mol. The smallest absolute Gasteiger partial charge is 0.106 e. The number of aromatic nitrogens is 1. The summed E-state index contributed by atoms with van der Waals surface area (Å²) in [5.74, 6) is 0. The first-order chi connectivity index (χ1) is 7.25. The second-order valence-electron chi connectivity index (χ2n) is 4.01. The number of halogens is 2. The highest BCUT2D eigenvalue weighted by atomic mass is 79.9. The highest BCUT2D eigenvalue weighted by Crippen LogP contribution is 2.11. The molecule has 1 aromatic rings. The second-order valence-corrected chi connectivity index (χ2v) is 4.83. The van der Waals surface area contributed by atoms with Crippen molar-refractivity contribution in [3.63, 3.8) is 0 Å². The molecule has 0 aromatic carbocycles.